The van der Waals surface area contributed by atoms with Gasteiger partial charge in [-0.25, -0.2) is 0 Å². The van der Waals surface area contributed by atoms with Crippen LogP contribution in [-0.2, 0) is 4.79 Å². The molecule has 0 aliphatic carbocycles. The first-order chi connectivity index (χ1) is 7.74. The van der Waals surface area contributed by atoms with Gasteiger partial charge >= 0.3 is 5.97 Å². The molecular formula is C12H15Br2NO2. The van der Waals surface area contributed by atoms with Crippen molar-refractivity contribution in [1.82, 2.24) is 0 Å². The van der Waals surface area contributed by atoms with E-state index in [4.69, 9.17) is 10.8 Å². The summed E-state index contributed by atoms with van der Waals surface area (Å²) < 4.78 is 1.83. The molecule has 1 aromatic rings. The fraction of sp³-hybridized carbons (Fsp3) is 0.417. The van der Waals surface area contributed by atoms with Crippen LogP contribution in [0.1, 0.15) is 31.9 Å². The molecule has 17 heavy (non-hydrogen) atoms. The summed E-state index contributed by atoms with van der Waals surface area (Å²) in [6.07, 6.45) is 0.386. The highest BCUT2D eigenvalue weighted by Crippen LogP contribution is 2.33. The van der Waals surface area contributed by atoms with Crippen molar-refractivity contribution in [2.45, 2.75) is 26.3 Å². The van der Waals surface area contributed by atoms with Gasteiger partial charge in [0.05, 0.1) is 5.41 Å². The predicted octanol–water partition coefficient (Wildman–Crippen LogP) is 3.71. The first-order valence-corrected chi connectivity index (χ1v) is 6.76. The van der Waals surface area contributed by atoms with Crippen LogP contribution in [0.15, 0.2) is 27.1 Å². The van der Waals surface area contributed by atoms with Crippen molar-refractivity contribution in [2.75, 3.05) is 0 Å². The van der Waals surface area contributed by atoms with Crippen LogP contribution in [-0.4, -0.2) is 11.1 Å². The van der Waals surface area contributed by atoms with E-state index < -0.39 is 11.4 Å². The Bertz CT molecular complexity index is 433. The van der Waals surface area contributed by atoms with Gasteiger partial charge in [0.1, 0.15) is 0 Å². The van der Waals surface area contributed by atoms with Gasteiger partial charge in [-0.2, -0.15) is 0 Å². The van der Waals surface area contributed by atoms with E-state index in [0.29, 0.717) is 6.42 Å². The molecule has 94 valence electrons. The third kappa shape index (κ3) is 3.79. The number of hydrogen-bond donors (Lipinski definition) is 2. The monoisotopic (exact) mass is 363 g/mol. The molecule has 0 saturated heterocycles. The molecule has 5 heteroatoms. The molecule has 1 atom stereocenters. The molecule has 0 spiro atoms. The topological polar surface area (TPSA) is 63.3 Å². The quantitative estimate of drug-likeness (QED) is 0.855. The molecule has 0 amide bonds. The molecular weight excluding hydrogens is 350 g/mol. The number of benzene rings is 1. The number of nitrogens with two attached hydrogens (primary N) is 1. The summed E-state index contributed by atoms with van der Waals surface area (Å²) in [5, 5.41) is 9.08. The average Bonchev–Trinajstić information content (AvgIpc) is 2.20. The van der Waals surface area contributed by atoms with Gasteiger partial charge in [-0.3, -0.25) is 4.79 Å². The van der Waals surface area contributed by atoms with Gasteiger partial charge in [-0.15, -0.1) is 0 Å². The van der Waals surface area contributed by atoms with Crippen LogP contribution in [0.2, 0.25) is 0 Å². The van der Waals surface area contributed by atoms with Crippen molar-refractivity contribution in [3.63, 3.8) is 0 Å². The normalized spacial score (nSPS) is 13.5. The van der Waals surface area contributed by atoms with Gasteiger partial charge in [0, 0.05) is 15.0 Å². The molecule has 1 unspecified atom stereocenters. The molecule has 0 aromatic heterocycles. The summed E-state index contributed by atoms with van der Waals surface area (Å²) in [4.78, 5) is 11.1. The van der Waals surface area contributed by atoms with E-state index in [0.717, 1.165) is 14.5 Å². The third-order valence-electron chi connectivity index (χ3n) is 2.67. The van der Waals surface area contributed by atoms with Crippen molar-refractivity contribution in [3.8, 4) is 0 Å². The Balaban J connectivity index is 2.94. The summed E-state index contributed by atoms with van der Waals surface area (Å²) in [5.74, 6) is -0.834. The number of hydrogen-bond acceptors (Lipinski definition) is 2. The lowest BCUT2D eigenvalue weighted by Crippen LogP contribution is -2.29. The van der Waals surface area contributed by atoms with Crippen molar-refractivity contribution in [1.29, 1.82) is 0 Å². The van der Waals surface area contributed by atoms with Crippen LogP contribution in [0.5, 0.6) is 0 Å². The predicted molar refractivity (Wildman–Crippen MR) is 74.8 cm³/mol. The molecule has 0 bridgehead atoms. The standard InChI is InChI=1S/C12H15Br2NO2/c1-12(2,11(16)17)6-10(15)8-5-7(13)3-4-9(8)14/h3-5,10H,6,15H2,1-2H3,(H,16,17). The third-order valence-corrected chi connectivity index (χ3v) is 3.88. The molecule has 3 nitrogen and oxygen atoms in total. The minimum Gasteiger partial charge on any atom is -0.481 e. The maximum Gasteiger partial charge on any atom is 0.309 e. The van der Waals surface area contributed by atoms with Crippen molar-refractivity contribution in [2.24, 2.45) is 11.1 Å². The van der Waals surface area contributed by atoms with E-state index in [1.807, 2.05) is 18.2 Å². The van der Waals surface area contributed by atoms with Crippen LogP contribution in [0.4, 0.5) is 0 Å². The zero-order valence-electron chi connectivity index (χ0n) is 9.71. The fourth-order valence-corrected chi connectivity index (χ4v) is 2.47. The Morgan fingerprint density at radius 1 is 1.47 bits per heavy atom. The maximum atomic E-state index is 11.1. The molecule has 3 N–H and O–H groups in total. The minimum atomic E-state index is -0.834. The van der Waals surface area contributed by atoms with Gasteiger partial charge in [-0.1, -0.05) is 31.9 Å². The highest BCUT2D eigenvalue weighted by atomic mass is 79.9. The van der Waals surface area contributed by atoms with Gasteiger partial charge < -0.3 is 10.8 Å². The number of halogens is 2. The Hall–Kier alpha value is -0.390. The van der Waals surface area contributed by atoms with Crippen LogP contribution >= 0.6 is 31.9 Å². The second-order valence-electron chi connectivity index (χ2n) is 4.67. The Morgan fingerprint density at radius 2 is 2.06 bits per heavy atom. The smallest absolute Gasteiger partial charge is 0.309 e. The zero-order chi connectivity index (χ0) is 13.2. The van der Waals surface area contributed by atoms with Gasteiger partial charge in [0.25, 0.3) is 0 Å². The number of carbonyl (C=O) groups is 1. The number of carboxylic acid groups (broad SMARTS) is 1. The molecule has 1 rings (SSSR count). The number of rotatable bonds is 4. The van der Waals surface area contributed by atoms with Gasteiger partial charge in [0.15, 0.2) is 0 Å². The second kappa shape index (κ2) is 5.50. The second-order valence-corrected chi connectivity index (χ2v) is 6.44. The van der Waals surface area contributed by atoms with Crippen molar-refractivity contribution >= 4 is 37.8 Å². The summed E-state index contributed by atoms with van der Waals surface area (Å²) in [5.41, 5.74) is 6.15. The Morgan fingerprint density at radius 3 is 2.59 bits per heavy atom. The summed E-state index contributed by atoms with van der Waals surface area (Å²) in [6.45, 7) is 3.36. The zero-order valence-corrected chi connectivity index (χ0v) is 12.9. The van der Waals surface area contributed by atoms with Crippen LogP contribution in [0, 0.1) is 5.41 Å². The van der Waals surface area contributed by atoms with Gasteiger partial charge in [0.2, 0.25) is 0 Å². The first-order valence-electron chi connectivity index (χ1n) is 5.18. The summed E-state index contributed by atoms with van der Waals surface area (Å²) in [6, 6.07) is 5.40. The first kappa shape index (κ1) is 14.7. The van der Waals surface area contributed by atoms with E-state index in [9.17, 15) is 4.79 Å². The van der Waals surface area contributed by atoms with E-state index in [2.05, 4.69) is 31.9 Å². The summed E-state index contributed by atoms with van der Waals surface area (Å²) >= 11 is 6.81. The fourth-order valence-electron chi connectivity index (χ4n) is 1.55. The number of carboxylic acids is 1. The van der Waals surface area contributed by atoms with Crippen LogP contribution in [0.3, 0.4) is 0 Å². The highest BCUT2D eigenvalue weighted by Gasteiger charge is 2.30. The lowest BCUT2D eigenvalue weighted by molar-refractivity contribution is -0.147. The lowest BCUT2D eigenvalue weighted by Gasteiger charge is -2.24. The molecule has 1 aromatic carbocycles. The molecule has 0 heterocycles. The number of aliphatic carboxylic acids is 1. The molecule has 0 fully saturated rings. The molecule has 0 saturated carbocycles. The Kier molecular flexibility index (Phi) is 4.75. The summed E-state index contributed by atoms with van der Waals surface area (Å²) in [7, 11) is 0. The highest BCUT2D eigenvalue weighted by molar-refractivity contribution is 9.11. The largest absolute Gasteiger partial charge is 0.481 e. The molecule has 0 radical (unpaired) electrons. The van der Waals surface area contributed by atoms with Crippen LogP contribution in [0.25, 0.3) is 0 Å². The van der Waals surface area contributed by atoms with Crippen LogP contribution < -0.4 is 5.73 Å². The molecule has 0 aliphatic heterocycles. The van der Waals surface area contributed by atoms with Crippen molar-refractivity contribution in [3.05, 3.63) is 32.7 Å². The van der Waals surface area contributed by atoms with Crippen molar-refractivity contribution < 1.29 is 9.90 Å². The van der Waals surface area contributed by atoms with E-state index in [1.54, 1.807) is 13.8 Å². The molecule has 0 aliphatic rings. The van der Waals surface area contributed by atoms with E-state index in [-0.39, 0.29) is 6.04 Å². The van der Waals surface area contributed by atoms with E-state index in [1.165, 1.54) is 0 Å². The Labute approximate surface area is 118 Å². The SMILES string of the molecule is CC(C)(CC(N)c1cc(Br)ccc1Br)C(=O)O. The average molecular weight is 365 g/mol. The van der Waals surface area contributed by atoms with E-state index >= 15 is 0 Å². The maximum absolute atomic E-state index is 11.1. The van der Waals surface area contributed by atoms with Gasteiger partial charge in [-0.05, 0) is 44.0 Å². The minimum absolute atomic E-state index is 0.312. The lowest BCUT2D eigenvalue weighted by atomic mass is 9.84.